The van der Waals surface area contributed by atoms with E-state index in [1.165, 1.54) is 42.3 Å². The van der Waals surface area contributed by atoms with Crippen LogP contribution in [0.5, 0.6) is 0 Å². The Kier molecular flexibility index (Phi) is 6.46. The van der Waals surface area contributed by atoms with Gasteiger partial charge in [-0.05, 0) is 56.1 Å². The second-order valence-electron chi connectivity index (χ2n) is 11.1. The molecule has 5 aromatic heterocycles. The third-order valence-corrected chi connectivity index (χ3v) is 8.40. The number of likely N-dealkylation sites (N-methyl/N-ethyl adjacent to an activating group) is 1. The third kappa shape index (κ3) is 4.88. The number of anilines is 1. The van der Waals surface area contributed by atoms with E-state index in [1.54, 1.807) is 0 Å². The highest BCUT2D eigenvalue weighted by Crippen LogP contribution is 2.34. The van der Waals surface area contributed by atoms with Crippen LogP contribution in [0.2, 0.25) is 0 Å². The minimum atomic E-state index is 0.822. The number of aromatic nitrogens is 6. The third-order valence-electron chi connectivity index (χ3n) is 8.40. The molecule has 9 nitrogen and oxygen atoms in total. The second kappa shape index (κ2) is 10.4. The summed E-state index contributed by atoms with van der Waals surface area (Å²) in [6.07, 6.45) is 15.1. The number of hydrogen-bond donors (Lipinski definition) is 3. The average molecular weight is 522 g/mol. The Balaban J connectivity index is 1.17. The number of piperazine rings is 1. The quantitative estimate of drug-likeness (QED) is 0.288. The molecular formula is C30H35N9. The highest BCUT2D eigenvalue weighted by Gasteiger charge is 2.20. The van der Waals surface area contributed by atoms with Gasteiger partial charge in [0.25, 0.3) is 0 Å². The fourth-order valence-electron chi connectivity index (χ4n) is 6.10. The van der Waals surface area contributed by atoms with Crippen LogP contribution in [0.1, 0.15) is 31.2 Å². The summed E-state index contributed by atoms with van der Waals surface area (Å²) in [6.45, 7) is 6.03. The summed E-state index contributed by atoms with van der Waals surface area (Å²) >= 11 is 0. The number of hydrogen-bond acceptors (Lipinski definition) is 7. The van der Waals surface area contributed by atoms with E-state index in [-0.39, 0.29) is 0 Å². The maximum Gasteiger partial charge on any atom is 0.116 e. The van der Waals surface area contributed by atoms with Crippen molar-refractivity contribution in [2.75, 3.05) is 44.7 Å². The Morgan fingerprint density at radius 3 is 2.62 bits per heavy atom. The number of nitrogens with zero attached hydrogens (tertiary/aromatic N) is 6. The molecule has 0 bridgehead atoms. The van der Waals surface area contributed by atoms with Crippen LogP contribution in [0, 0.1) is 5.92 Å². The first kappa shape index (κ1) is 24.2. The van der Waals surface area contributed by atoms with E-state index in [4.69, 9.17) is 4.98 Å². The molecule has 0 aromatic carbocycles. The van der Waals surface area contributed by atoms with Crippen LogP contribution in [-0.2, 0) is 6.54 Å². The van der Waals surface area contributed by atoms with Gasteiger partial charge in [0.05, 0.1) is 46.7 Å². The Labute approximate surface area is 228 Å². The van der Waals surface area contributed by atoms with Crippen molar-refractivity contribution in [3.8, 4) is 22.6 Å². The zero-order valence-corrected chi connectivity index (χ0v) is 22.5. The lowest BCUT2D eigenvalue weighted by Crippen LogP contribution is -2.44. The molecule has 9 heteroatoms. The number of pyridine rings is 3. The predicted molar refractivity (Wildman–Crippen MR) is 156 cm³/mol. The van der Waals surface area contributed by atoms with E-state index >= 15 is 0 Å². The molecule has 0 amide bonds. The lowest BCUT2D eigenvalue weighted by molar-refractivity contribution is 0.313. The standard InChI is InChI=1S/C30H35N9/c1-38-6-8-39(9-7-38)29-19-33-17-27-23(29)11-26(35-27)30-24-12-25(34-18-28(24)36-37-30)22-10-21(15-32-16-22)14-31-13-20-4-2-3-5-20/h10-12,15-20,31,35H,2-9,13-14H2,1H3,(H,36,37). The Hall–Kier alpha value is -3.82. The van der Waals surface area contributed by atoms with Crippen LogP contribution in [0.15, 0.2) is 49.2 Å². The van der Waals surface area contributed by atoms with Crippen LogP contribution < -0.4 is 10.2 Å². The molecule has 3 N–H and O–H groups in total. The summed E-state index contributed by atoms with van der Waals surface area (Å²) < 4.78 is 0. The van der Waals surface area contributed by atoms with Crippen molar-refractivity contribution in [3.63, 3.8) is 0 Å². The van der Waals surface area contributed by atoms with Gasteiger partial charge in [0.1, 0.15) is 5.69 Å². The van der Waals surface area contributed by atoms with Gasteiger partial charge in [-0.15, -0.1) is 0 Å². The predicted octanol–water partition coefficient (Wildman–Crippen LogP) is 4.59. The summed E-state index contributed by atoms with van der Waals surface area (Å²) in [6, 6.07) is 6.52. The van der Waals surface area contributed by atoms with Crippen molar-refractivity contribution in [1.82, 2.24) is 40.3 Å². The van der Waals surface area contributed by atoms with Gasteiger partial charge < -0.3 is 20.1 Å². The molecule has 0 radical (unpaired) electrons. The molecule has 0 atom stereocenters. The minimum absolute atomic E-state index is 0.822. The first-order chi connectivity index (χ1) is 19.2. The van der Waals surface area contributed by atoms with Crippen molar-refractivity contribution in [2.24, 2.45) is 5.92 Å². The topological polar surface area (TPSA) is 102 Å². The molecule has 39 heavy (non-hydrogen) atoms. The Bertz CT molecular complexity index is 1590. The largest absolute Gasteiger partial charge is 0.367 e. The first-order valence-electron chi connectivity index (χ1n) is 14.1. The van der Waals surface area contributed by atoms with Gasteiger partial charge in [-0.25, -0.2) is 0 Å². The smallest absolute Gasteiger partial charge is 0.116 e. The SMILES string of the molecule is CN1CCN(c2cncc3[nH]c(-c4n[nH]c5cnc(-c6cncc(CNCC7CCCC7)c6)cc45)cc23)CC1. The molecule has 0 unspecified atom stereocenters. The highest BCUT2D eigenvalue weighted by molar-refractivity contribution is 6.00. The summed E-state index contributed by atoms with van der Waals surface area (Å²) in [5, 5.41) is 13.7. The summed E-state index contributed by atoms with van der Waals surface area (Å²) in [7, 11) is 2.18. The lowest BCUT2D eigenvalue weighted by Gasteiger charge is -2.34. The van der Waals surface area contributed by atoms with E-state index in [9.17, 15) is 0 Å². The number of rotatable bonds is 7. The van der Waals surface area contributed by atoms with E-state index < -0.39 is 0 Å². The second-order valence-corrected chi connectivity index (χ2v) is 11.1. The van der Waals surface area contributed by atoms with Crippen molar-refractivity contribution in [2.45, 2.75) is 32.2 Å². The van der Waals surface area contributed by atoms with E-state index in [2.05, 4.69) is 65.5 Å². The van der Waals surface area contributed by atoms with E-state index in [1.807, 2.05) is 31.0 Å². The number of H-pyrrole nitrogens is 2. The van der Waals surface area contributed by atoms with Crippen LogP contribution in [0.3, 0.4) is 0 Å². The molecule has 2 fully saturated rings. The highest BCUT2D eigenvalue weighted by atomic mass is 15.3. The number of fused-ring (bicyclic) bond motifs is 2. The first-order valence-corrected chi connectivity index (χ1v) is 14.1. The normalized spacial score (nSPS) is 17.1. The molecule has 1 aliphatic carbocycles. The van der Waals surface area contributed by atoms with E-state index in [0.717, 1.165) is 84.3 Å². The van der Waals surface area contributed by atoms with Crippen molar-refractivity contribution >= 4 is 27.5 Å². The van der Waals surface area contributed by atoms with Gasteiger partial charge in [-0.3, -0.25) is 20.1 Å². The summed E-state index contributed by atoms with van der Waals surface area (Å²) in [5.74, 6) is 0.822. The maximum atomic E-state index is 4.73. The Morgan fingerprint density at radius 1 is 0.897 bits per heavy atom. The van der Waals surface area contributed by atoms with Gasteiger partial charge in [-0.2, -0.15) is 5.10 Å². The molecule has 2 aliphatic rings. The average Bonchev–Trinajstić information content (AvgIpc) is 3.73. The summed E-state index contributed by atoms with van der Waals surface area (Å²) in [4.78, 5) is 22.2. The van der Waals surface area contributed by atoms with Gasteiger partial charge in [0.2, 0.25) is 0 Å². The molecule has 6 heterocycles. The number of aromatic amines is 2. The van der Waals surface area contributed by atoms with Gasteiger partial charge in [0, 0.05) is 61.5 Å². The van der Waals surface area contributed by atoms with Gasteiger partial charge >= 0.3 is 0 Å². The van der Waals surface area contributed by atoms with Gasteiger partial charge in [-0.1, -0.05) is 12.8 Å². The summed E-state index contributed by atoms with van der Waals surface area (Å²) in [5.41, 5.74) is 8.06. The van der Waals surface area contributed by atoms with Crippen LogP contribution in [-0.4, -0.2) is 74.8 Å². The van der Waals surface area contributed by atoms with Crippen LogP contribution in [0.25, 0.3) is 44.5 Å². The monoisotopic (exact) mass is 521 g/mol. The fraction of sp³-hybridized carbons (Fsp3) is 0.400. The van der Waals surface area contributed by atoms with Crippen molar-refractivity contribution in [1.29, 1.82) is 0 Å². The van der Waals surface area contributed by atoms with Crippen molar-refractivity contribution in [3.05, 3.63) is 54.7 Å². The molecule has 1 aliphatic heterocycles. The number of nitrogens with one attached hydrogen (secondary N) is 3. The van der Waals surface area contributed by atoms with Gasteiger partial charge in [0.15, 0.2) is 0 Å². The lowest BCUT2D eigenvalue weighted by atomic mass is 10.1. The van der Waals surface area contributed by atoms with Crippen LogP contribution in [0.4, 0.5) is 5.69 Å². The van der Waals surface area contributed by atoms with E-state index in [0.29, 0.717) is 0 Å². The zero-order valence-electron chi connectivity index (χ0n) is 22.5. The van der Waals surface area contributed by atoms with Crippen LogP contribution >= 0.6 is 0 Å². The minimum Gasteiger partial charge on any atom is -0.367 e. The zero-order chi connectivity index (χ0) is 26.2. The molecule has 1 saturated heterocycles. The van der Waals surface area contributed by atoms with Crippen molar-refractivity contribution < 1.29 is 0 Å². The molecule has 7 rings (SSSR count). The molecular weight excluding hydrogens is 486 g/mol. The molecule has 200 valence electrons. The molecule has 1 saturated carbocycles. The molecule has 0 spiro atoms. The molecule has 5 aromatic rings. The fourth-order valence-corrected chi connectivity index (χ4v) is 6.10. The Morgan fingerprint density at radius 2 is 1.74 bits per heavy atom. The maximum absolute atomic E-state index is 4.73.